The SMILES string of the molecule is CCCCC1=C(OC2CN(C(=O)OC(C)(C)C)CC2O[Si](C)(C)C(C)(C)C)CC(CC)=CC=C1. The van der Waals surface area contributed by atoms with E-state index in [-0.39, 0.29) is 23.3 Å². The molecule has 0 bridgehead atoms. The molecule has 5 nitrogen and oxygen atoms in total. The lowest BCUT2D eigenvalue weighted by Gasteiger charge is -2.39. The standard InChI is InChI=1S/C28H49NO4Si/c1-11-13-16-22-17-14-15-21(12-2)18-23(22)31-24-19-29(26(30)32-27(3,4)5)20-25(24)33-34(9,10)28(6,7)8/h14-15,17,24-25H,11-13,16,18-20H2,1-10H3. The van der Waals surface area contributed by atoms with Gasteiger partial charge in [-0.15, -0.1) is 0 Å². The number of carbonyl (C=O) groups excluding carboxylic acids is 1. The van der Waals surface area contributed by atoms with Gasteiger partial charge in [-0.2, -0.15) is 0 Å². The molecule has 0 spiro atoms. The first-order valence-electron chi connectivity index (χ1n) is 13.1. The van der Waals surface area contributed by atoms with Gasteiger partial charge >= 0.3 is 6.09 Å². The molecule has 0 aromatic heterocycles. The van der Waals surface area contributed by atoms with Crippen molar-refractivity contribution in [1.82, 2.24) is 4.90 Å². The van der Waals surface area contributed by atoms with Crippen LogP contribution in [0.15, 0.2) is 35.1 Å². The summed E-state index contributed by atoms with van der Waals surface area (Å²) >= 11 is 0. The smallest absolute Gasteiger partial charge is 0.410 e. The normalized spacial score (nSPS) is 22.1. The summed E-state index contributed by atoms with van der Waals surface area (Å²) in [6, 6.07) is 0. The minimum absolute atomic E-state index is 0.0750. The van der Waals surface area contributed by atoms with Gasteiger partial charge in [0, 0.05) is 6.42 Å². The predicted molar refractivity (Wildman–Crippen MR) is 143 cm³/mol. The third-order valence-electron chi connectivity index (χ3n) is 7.04. The lowest BCUT2D eigenvalue weighted by Crippen LogP contribution is -2.47. The number of carbonyl (C=O) groups is 1. The Labute approximate surface area is 209 Å². The maximum Gasteiger partial charge on any atom is 0.410 e. The van der Waals surface area contributed by atoms with E-state index >= 15 is 0 Å². The highest BCUT2D eigenvalue weighted by Gasteiger charge is 2.46. The monoisotopic (exact) mass is 491 g/mol. The van der Waals surface area contributed by atoms with Gasteiger partial charge in [0.15, 0.2) is 8.32 Å². The fraction of sp³-hybridized carbons (Fsp3) is 0.750. The van der Waals surface area contributed by atoms with Crippen molar-refractivity contribution >= 4 is 14.4 Å². The van der Waals surface area contributed by atoms with Crippen molar-refractivity contribution in [2.24, 2.45) is 0 Å². The molecule has 2 rings (SSSR count). The number of hydrogen-bond acceptors (Lipinski definition) is 4. The Morgan fingerprint density at radius 3 is 2.29 bits per heavy atom. The molecule has 34 heavy (non-hydrogen) atoms. The van der Waals surface area contributed by atoms with Crippen LogP contribution in [0.4, 0.5) is 4.79 Å². The summed E-state index contributed by atoms with van der Waals surface area (Å²) in [4.78, 5) is 14.7. The second kappa shape index (κ2) is 11.5. The number of rotatable bonds is 8. The van der Waals surface area contributed by atoms with Crippen molar-refractivity contribution in [3.63, 3.8) is 0 Å². The third kappa shape index (κ3) is 8.01. The van der Waals surface area contributed by atoms with Crippen LogP contribution < -0.4 is 0 Å². The molecule has 0 aromatic rings. The van der Waals surface area contributed by atoms with E-state index < -0.39 is 13.9 Å². The second-order valence-electron chi connectivity index (χ2n) is 12.2. The quantitative estimate of drug-likeness (QED) is 0.326. The molecule has 0 radical (unpaired) electrons. The van der Waals surface area contributed by atoms with Gasteiger partial charge in [0.25, 0.3) is 0 Å². The molecule has 1 amide bonds. The second-order valence-corrected chi connectivity index (χ2v) is 17.0. The number of hydrogen-bond donors (Lipinski definition) is 0. The highest BCUT2D eigenvalue weighted by molar-refractivity contribution is 6.74. The average Bonchev–Trinajstić information content (AvgIpc) is 2.97. The molecule has 2 atom stereocenters. The van der Waals surface area contributed by atoms with Crippen molar-refractivity contribution in [3.8, 4) is 0 Å². The fourth-order valence-corrected chi connectivity index (χ4v) is 5.24. The summed E-state index contributed by atoms with van der Waals surface area (Å²) in [5.74, 6) is 1.04. The third-order valence-corrected chi connectivity index (χ3v) is 11.5. The summed E-state index contributed by atoms with van der Waals surface area (Å²) in [5, 5.41) is 0.0750. The van der Waals surface area contributed by atoms with E-state index in [1.807, 2.05) is 20.8 Å². The molecule has 0 N–H and O–H groups in total. The van der Waals surface area contributed by atoms with Crippen LogP contribution in [0, 0.1) is 0 Å². The van der Waals surface area contributed by atoms with E-state index in [9.17, 15) is 4.79 Å². The molecule has 0 aromatic carbocycles. The zero-order valence-corrected chi connectivity index (χ0v) is 24.4. The molecule has 1 fully saturated rings. The van der Waals surface area contributed by atoms with E-state index in [0.717, 1.165) is 37.9 Å². The van der Waals surface area contributed by atoms with E-state index in [1.165, 1.54) is 11.1 Å². The summed E-state index contributed by atoms with van der Waals surface area (Å²) in [7, 11) is -2.06. The van der Waals surface area contributed by atoms with Crippen molar-refractivity contribution in [3.05, 3.63) is 35.1 Å². The van der Waals surface area contributed by atoms with Crippen LogP contribution in [0.5, 0.6) is 0 Å². The number of amides is 1. The molecular weight excluding hydrogens is 442 g/mol. The van der Waals surface area contributed by atoms with Crippen molar-refractivity contribution in [2.45, 2.75) is 123 Å². The molecular formula is C28H49NO4Si. The van der Waals surface area contributed by atoms with Crippen LogP contribution in [-0.2, 0) is 13.9 Å². The zero-order chi connectivity index (χ0) is 25.7. The van der Waals surface area contributed by atoms with Crippen LogP contribution in [-0.4, -0.2) is 50.2 Å². The first-order chi connectivity index (χ1) is 15.7. The Hall–Kier alpha value is -1.53. The minimum atomic E-state index is -2.06. The lowest BCUT2D eigenvalue weighted by atomic mass is 10.0. The topological polar surface area (TPSA) is 48.0 Å². The Kier molecular flexibility index (Phi) is 9.68. The molecule has 1 aliphatic heterocycles. The number of allylic oxidation sites excluding steroid dienone is 5. The Morgan fingerprint density at radius 2 is 1.74 bits per heavy atom. The van der Waals surface area contributed by atoms with E-state index in [1.54, 1.807) is 4.90 Å². The van der Waals surface area contributed by atoms with Gasteiger partial charge in [-0.05, 0) is 63.7 Å². The van der Waals surface area contributed by atoms with Gasteiger partial charge in [-0.3, -0.25) is 0 Å². The largest absolute Gasteiger partial charge is 0.490 e. The van der Waals surface area contributed by atoms with Gasteiger partial charge < -0.3 is 18.8 Å². The highest BCUT2D eigenvalue weighted by Crippen LogP contribution is 2.39. The highest BCUT2D eigenvalue weighted by atomic mass is 28.4. The van der Waals surface area contributed by atoms with Crippen LogP contribution in [0.1, 0.15) is 87.5 Å². The van der Waals surface area contributed by atoms with Crippen molar-refractivity contribution in [1.29, 1.82) is 0 Å². The summed E-state index contributed by atoms with van der Waals surface area (Å²) in [6.45, 7) is 22.4. The zero-order valence-electron chi connectivity index (χ0n) is 23.4. The maximum atomic E-state index is 12.9. The number of ether oxygens (including phenoxy) is 2. The molecule has 0 saturated carbocycles. The Morgan fingerprint density at radius 1 is 1.09 bits per heavy atom. The van der Waals surface area contributed by atoms with Crippen LogP contribution in [0.2, 0.25) is 18.1 Å². The lowest BCUT2D eigenvalue weighted by molar-refractivity contribution is 0.0247. The minimum Gasteiger partial charge on any atom is -0.490 e. The van der Waals surface area contributed by atoms with Crippen LogP contribution in [0.3, 0.4) is 0 Å². The number of likely N-dealkylation sites (tertiary alicyclic amines) is 1. The van der Waals surface area contributed by atoms with Crippen molar-refractivity contribution < 1.29 is 18.7 Å². The summed E-state index contributed by atoms with van der Waals surface area (Å²) in [5.41, 5.74) is 2.10. The maximum absolute atomic E-state index is 12.9. The van der Waals surface area contributed by atoms with Crippen LogP contribution >= 0.6 is 0 Å². The van der Waals surface area contributed by atoms with Crippen LogP contribution in [0.25, 0.3) is 0 Å². The molecule has 1 saturated heterocycles. The number of unbranched alkanes of at least 4 members (excludes halogenated alkanes) is 1. The number of nitrogens with zero attached hydrogens (tertiary/aromatic N) is 1. The first-order valence-corrected chi connectivity index (χ1v) is 16.0. The molecule has 2 aliphatic rings. The predicted octanol–water partition coefficient (Wildman–Crippen LogP) is 7.75. The molecule has 2 unspecified atom stereocenters. The summed E-state index contributed by atoms with van der Waals surface area (Å²) in [6.07, 6.45) is 11.0. The van der Waals surface area contributed by atoms with E-state index in [2.05, 4.69) is 65.9 Å². The van der Waals surface area contributed by atoms with E-state index in [0.29, 0.717) is 13.1 Å². The molecule has 6 heteroatoms. The van der Waals surface area contributed by atoms with Gasteiger partial charge in [0.1, 0.15) is 23.6 Å². The molecule has 1 aliphatic carbocycles. The van der Waals surface area contributed by atoms with Gasteiger partial charge in [-0.25, -0.2) is 4.79 Å². The van der Waals surface area contributed by atoms with Crippen molar-refractivity contribution in [2.75, 3.05) is 13.1 Å². The Balaban J connectivity index is 2.33. The van der Waals surface area contributed by atoms with E-state index in [4.69, 9.17) is 13.9 Å². The average molecular weight is 492 g/mol. The Bertz CT molecular complexity index is 798. The fourth-order valence-electron chi connectivity index (χ4n) is 3.91. The first kappa shape index (κ1) is 28.7. The molecule has 194 valence electrons. The van der Waals surface area contributed by atoms with Gasteiger partial charge in [0.05, 0.1) is 13.1 Å². The molecule has 1 heterocycles. The van der Waals surface area contributed by atoms with Gasteiger partial charge in [-0.1, -0.05) is 64.8 Å². The van der Waals surface area contributed by atoms with Gasteiger partial charge in [0.2, 0.25) is 0 Å². The summed E-state index contributed by atoms with van der Waals surface area (Å²) < 4.78 is 19.3.